The first-order valence-electron chi connectivity index (χ1n) is 10.9. The van der Waals surface area contributed by atoms with Crippen LogP contribution in [-0.4, -0.2) is 43.6 Å². The summed E-state index contributed by atoms with van der Waals surface area (Å²) in [5, 5.41) is 5.96. The highest BCUT2D eigenvalue weighted by molar-refractivity contribution is 6.32. The van der Waals surface area contributed by atoms with Crippen molar-refractivity contribution in [3.63, 3.8) is 0 Å². The number of ether oxygens (including phenoxy) is 1. The van der Waals surface area contributed by atoms with Gasteiger partial charge in [-0.1, -0.05) is 18.2 Å². The molecule has 10 heteroatoms. The molecule has 1 amide bonds. The van der Waals surface area contributed by atoms with Crippen LogP contribution in [0.15, 0.2) is 60.0 Å². The van der Waals surface area contributed by atoms with E-state index in [4.69, 9.17) is 31.6 Å². The molecule has 0 saturated carbocycles. The molecule has 1 atom stereocenters. The lowest BCUT2D eigenvalue weighted by atomic mass is 10.1. The van der Waals surface area contributed by atoms with Crippen molar-refractivity contribution in [1.29, 1.82) is 0 Å². The van der Waals surface area contributed by atoms with Gasteiger partial charge in [-0.05, 0) is 49.2 Å². The number of halogens is 1. The van der Waals surface area contributed by atoms with Crippen molar-refractivity contribution < 1.29 is 13.9 Å². The number of nitrogens with zero attached hydrogens (tertiary/aromatic N) is 5. The molecule has 0 bridgehead atoms. The largest absolute Gasteiger partial charge is 0.484 e. The van der Waals surface area contributed by atoms with Gasteiger partial charge in [-0.2, -0.15) is 5.10 Å². The smallest absolute Gasteiger partial charge is 0.246 e. The Morgan fingerprint density at radius 3 is 3.00 bits per heavy atom. The van der Waals surface area contributed by atoms with Gasteiger partial charge in [0.1, 0.15) is 36.0 Å². The highest BCUT2D eigenvalue weighted by Crippen LogP contribution is 2.37. The van der Waals surface area contributed by atoms with Gasteiger partial charge in [0.05, 0.1) is 22.7 Å². The van der Waals surface area contributed by atoms with Gasteiger partial charge in [0, 0.05) is 18.7 Å². The summed E-state index contributed by atoms with van der Waals surface area (Å²) in [6, 6.07) is 9.03. The van der Waals surface area contributed by atoms with E-state index in [0.717, 1.165) is 18.4 Å². The summed E-state index contributed by atoms with van der Waals surface area (Å²) in [7, 11) is 0. The Balaban J connectivity index is 1.50. The molecule has 1 aliphatic rings. The van der Waals surface area contributed by atoms with Crippen molar-refractivity contribution in [2.75, 3.05) is 18.8 Å². The number of likely N-dealkylation sites (tertiary alicyclic amines) is 1. The topological polar surface area (TPSA) is 112 Å². The molecule has 0 aliphatic carbocycles. The Bertz CT molecular complexity index is 1350. The molecule has 174 valence electrons. The van der Waals surface area contributed by atoms with Gasteiger partial charge in [-0.3, -0.25) is 4.79 Å². The minimum absolute atomic E-state index is 0.0467. The molecule has 0 spiro atoms. The first-order valence-corrected chi connectivity index (χ1v) is 11.3. The van der Waals surface area contributed by atoms with E-state index in [9.17, 15) is 4.79 Å². The third-order valence-electron chi connectivity index (χ3n) is 5.90. The molecule has 0 unspecified atom stereocenters. The maximum absolute atomic E-state index is 12.2. The van der Waals surface area contributed by atoms with E-state index in [-0.39, 0.29) is 18.6 Å². The van der Waals surface area contributed by atoms with Crippen molar-refractivity contribution in [3.05, 3.63) is 66.4 Å². The van der Waals surface area contributed by atoms with Crippen LogP contribution in [0.4, 0.5) is 5.82 Å². The van der Waals surface area contributed by atoms with Crippen molar-refractivity contribution in [2.24, 2.45) is 0 Å². The number of furan rings is 1. The molecular weight excluding hydrogens is 456 g/mol. The Kier molecular flexibility index (Phi) is 5.93. The van der Waals surface area contributed by atoms with Gasteiger partial charge < -0.3 is 19.8 Å². The summed E-state index contributed by atoms with van der Waals surface area (Å²) in [4.78, 5) is 22.6. The van der Waals surface area contributed by atoms with Crippen LogP contribution < -0.4 is 10.5 Å². The van der Waals surface area contributed by atoms with E-state index in [1.807, 2.05) is 16.8 Å². The number of nitrogens with two attached hydrogens (primary N) is 1. The zero-order valence-electron chi connectivity index (χ0n) is 18.4. The zero-order valence-corrected chi connectivity index (χ0v) is 19.1. The fourth-order valence-corrected chi connectivity index (χ4v) is 4.48. The molecule has 34 heavy (non-hydrogen) atoms. The summed E-state index contributed by atoms with van der Waals surface area (Å²) < 4.78 is 12.9. The van der Waals surface area contributed by atoms with Gasteiger partial charge in [-0.25, -0.2) is 14.6 Å². The lowest BCUT2D eigenvalue weighted by molar-refractivity contribution is -0.127. The number of rotatable bonds is 6. The van der Waals surface area contributed by atoms with Crippen LogP contribution >= 0.6 is 11.6 Å². The lowest BCUT2D eigenvalue weighted by Gasteiger charge is -2.32. The number of amides is 1. The molecular formula is C24H23ClN6O3. The second-order valence-electron chi connectivity index (χ2n) is 8.05. The average Bonchev–Trinajstić information content (AvgIpc) is 3.51. The lowest BCUT2D eigenvalue weighted by Crippen LogP contribution is -2.40. The van der Waals surface area contributed by atoms with E-state index >= 15 is 0 Å². The number of hydrogen-bond donors (Lipinski definition) is 1. The standard InChI is InChI=1S/C24H23ClN6O3/c1-2-20(32)30-9-3-5-16(12-30)31-24-21(23(26)27-14-28-24)22(29-31)15-7-8-19(18(25)11-15)34-13-17-6-4-10-33-17/h2,4,6-8,10-11,14,16H,1,3,5,9,12-13H2,(H2,26,27,28)/t16-/m1/s1. The number of carbonyl (C=O) groups excluding carboxylic acids is 1. The van der Waals surface area contributed by atoms with Crippen molar-refractivity contribution in [3.8, 4) is 17.0 Å². The quantitative estimate of drug-likeness (QED) is 0.412. The molecule has 1 saturated heterocycles. The summed E-state index contributed by atoms with van der Waals surface area (Å²) in [5.74, 6) is 1.47. The fourth-order valence-electron chi connectivity index (χ4n) is 4.24. The van der Waals surface area contributed by atoms with Gasteiger partial charge in [0.25, 0.3) is 0 Å². The third kappa shape index (κ3) is 4.10. The minimum atomic E-state index is -0.0903. The molecule has 4 aromatic rings. The molecule has 2 N–H and O–H groups in total. The van der Waals surface area contributed by atoms with Gasteiger partial charge in [0.2, 0.25) is 5.91 Å². The number of piperidine rings is 1. The van der Waals surface area contributed by atoms with Gasteiger partial charge >= 0.3 is 0 Å². The third-order valence-corrected chi connectivity index (χ3v) is 6.20. The Morgan fingerprint density at radius 2 is 2.24 bits per heavy atom. The van der Waals surface area contributed by atoms with E-state index in [0.29, 0.717) is 52.2 Å². The highest BCUT2D eigenvalue weighted by atomic mass is 35.5. The second kappa shape index (κ2) is 9.18. The first kappa shape index (κ1) is 22.0. The van der Waals surface area contributed by atoms with Crippen LogP contribution in [0.5, 0.6) is 5.75 Å². The normalized spacial score (nSPS) is 16.0. The molecule has 4 heterocycles. The van der Waals surface area contributed by atoms with E-state index in [2.05, 4.69) is 16.5 Å². The molecule has 1 aromatic carbocycles. The predicted octanol–water partition coefficient (Wildman–Crippen LogP) is 4.25. The Hall–Kier alpha value is -3.85. The number of benzene rings is 1. The SMILES string of the molecule is C=CC(=O)N1CCC[C@@H](n2nc(-c3ccc(OCc4ccco4)c(Cl)c3)c3c(N)ncnc32)C1. The molecule has 9 nitrogen and oxygen atoms in total. The number of carbonyl (C=O) groups is 1. The van der Waals surface area contributed by atoms with Crippen molar-refractivity contribution in [1.82, 2.24) is 24.6 Å². The van der Waals surface area contributed by atoms with Gasteiger partial charge in [0.15, 0.2) is 5.65 Å². The van der Waals surface area contributed by atoms with Crippen molar-refractivity contribution >= 4 is 34.4 Å². The first-order chi connectivity index (χ1) is 16.5. The Morgan fingerprint density at radius 1 is 1.35 bits per heavy atom. The highest BCUT2D eigenvalue weighted by Gasteiger charge is 2.28. The fraction of sp³-hybridized carbons (Fsp3) is 0.250. The van der Waals surface area contributed by atoms with Crippen LogP contribution in [0, 0.1) is 0 Å². The van der Waals surface area contributed by atoms with E-state index in [1.165, 1.54) is 12.4 Å². The van der Waals surface area contributed by atoms with Crippen LogP contribution in [0.1, 0.15) is 24.6 Å². The predicted molar refractivity (Wildman–Crippen MR) is 128 cm³/mol. The molecule has 5 rings (SSSR count). The summed E-state index contributed by atoms with van der Waals surface area (Å²) in [6.45, 7) is 5.09. The number of hydrogen-bond acceptors (Lipinski definition) is 7. The maximum atomic E-state index is 12.2. The number of aromatic nitrogens is 4. The van der Waals surface area contributed by atoms with Gasteiger partial charge in [-0.15, -0.1) is 0 Å². The molecule has 1 aliphatic heterocycles. The van der Waals surface area contributed by atoms with Crippen LogP contribution in [-0.2, 0) is 11.4 Å². The summed E-state index contributed by atoms with van der Waals surface area (Å²) in [6.07, 6.45) is 6.08. The zero-order chi connectivity index (χ0) is 23.7. The maximum Gasteiger partial charge on any atom is 0.246 e. The van der Waals surface area contributed by atoms with Crippen LogP contribution in [0.25, 0.3) is 22.3 Å². The van der Waals surface area contributed by atoms with E-state index in [1.54, 1.807) is 29.4 Å². The van der Waals surface area contributed by atoms with Crippen LogP contribution in [0.3, 0.4) is 0 Å². The van der Waals surface area contributed by atoms with E-state index < -0.39 is 0 Å². The van der Waals surface area contributed by atoms with Crippen LogP contribution in [0.2, 0.25) is 5.02 Å². The minimum Gasteiger partial charge on any atom is -0.484 e. The molecule has 1 fully saturated rings. The monoisotopic (exact) mass is 478 g/mol. The number of nitrogen functional groups attached to an aromatic ring is 1. The summed E-state index contributed by atoms with van der Waals surface area (Å²) in [5.41, 5.74) is 8.26. The molecule has 3 aromatic heterocycles. The number of anilines is 1. The second-order valence-corrected chi connectivity index (χ2v) is 8.46. The molecule has 0 radical (unpaired) electrons. The van der Waals surface area contributed by atoms with Crippen molar-refractivity contribution in [2.45, 2.75) is 25.5 Å². The number of fused-ring (bicyclic) bond motifs is 1. The Labute approximate surface area is 200 Å². The summed E-state index contributed by atoms with van der Waals surface area (Å²) >= 11 is 6.53. The average molecular weight is 479 g/mol.